The summed E-state index contributed by atoms with van der Waals surface area (Å²) in [5.74, 6) is -0.409. The Labute approximate surface area is 124 Å². The van der Waals surface area contributed by atoms with Crippen LogP contribution in [0.4, 0.5) is 0 Å². The van der Waals surface area contributed by atoms with E-state index in [0.717, 1.165) is 19.3 Å². The molecule has 0 saturated heterocycles. The Bertz CT molecular complexity index is 635. The van der Waals surface area contributed by atoms with E-state index in [4.69, 9.17) is 14.6 Å². The minimum atomic E-state index is -3.99. The number of benzene rings is 1. The Hall–Kier alpha value is -1.60. The average Bonchev–Trinajstić information content (AvgIpc) is 2.32. The molecule has 6 nitrogen and oxygen atoms in total. The smallest absolute Gasteiger partial charge is 0.338 e. The predicted molar refractivity (Wildman–Crippen MR) is 76.6 cm³/mol. The molecule has 21 heavy (non-hydrogen) atoms. The maximum Gasteiger partial charge on any atom is 0.338 e. The number of sulfonamides is 1. The third-order valence-corrected chi connectivity index (χ3v) is 4.11. The fourth-order valence-electron chi connectivity index (χ4n) is 1.92. The Balaban J connectivity index is 2.29. The normalized spacial score (nSPS) is 15.6. The van der Waals surface area contributed by atoms with Crippen LogP contribution in [-0.2, 0) is 14.8 Å². The van der Waals surface area contributed by atoms with Crippen LogP contribution in [0, 0.1) is 0 Å². The molecule has 0 aromatic heterocycles. The van der Waals surface area contributed by atoms with E-state index in [9.17, 15) is 13.2 Å². The molecule has 2 rings (SSSR count). The largest absolute Gasteiger partial charge is 0.490 e. The molecule has 1 aromatic rings. The summed E-state index contributed by atoms with van der Waals surface area (Å²) < 4.78 is 33.9. The lowest BCUT2D eigenvalue weighted by atomic mass is 9.96. The molecule has 0 bridgehead atoms. The van der Waals surface area contributed by atoms with Crippen molar-refractivity contribution < 1.29 is 22.7 Å². The van der Waals surface area contributed by atoms with Crippen molar-refractivity contribution in [3.05, 3.63) is 23.8 Å². The number of hydrogen-bond acceptors (Lipinski definition) is 5. The van der Waals surface area contributed by atoms with Gasteiger partial charge >= 0.3 is 5.97 Å². The molecule has 0 atom stereocenters. The Kier molecular flexibility index (Phi) is 4.53. The van der Waals surface area contributed by atoms with Gasteiger partial charge in [-0.3, -0.25) is 0 Å². The van der Waals surface area contributed by atoms with Gasteiger partial charge in [-0.2, -0.15) is 0 Å². The maximum absolute atomic E-state index is 12.0. The minimum absolute atomic E-state index is 0.0676. The van der Waals surface area contributed by atoms with Crippen molar-refractivity contribution >= 4 is 16.0 Å². The fraction of sp³-hybridized carbons (Fsp3) is 0.500. The molecule has 1 aromatic carbocycles. The Morgan fingerprint density at radius 2 is 2.00 bits per heavy atom. The first-order valence-electron chi connectivity index (χ1n) is 6.82. The number of hydrogen-bond donors (Lipinski definition) is 1. The zero-order valence-corrected chi connectivity index (χ0v) is 12.9. The molecule has 0 unspecified atom stereocenters. The molecular weight excluding hydrogens is 294 g/mol. The van der Waals surface area contributed by atoms with E-state index in [1.807, 2.05) is 0 Å². The van der Waals surface area contributed by atoms with Crippen LogP contribution in [0.15, 0.2) is 23.1 Å². The number of carbonyl (C=O) groups is 1. The van der Waals surface area contributed by atoms with Gasteiger partial charge in [0.1, 0.15) is 16.7 Å². The highest BCUT2D eigenvalue weighted by Crippen LogP contribution is 2.27. The van der Waals surface area contributed by atoms with Crippen molar-refractivity contribution in [1.29, 1.82) is 0 Å². The van der Waals surface area contributed by atoms with Crippen molar-refractivity contribution in [3.63, 3.8) is 0 Å². The molecule has 116 valence electrons. The van der Waals surface area contributed by atoms with E-state index in [1.165, 1.54) is 18.2 Å². The Morgan fingerprint density at radius 1 is 1.33 bits per heavy atom. The number of primary sulfonamides is 1. The van der Waals surface area contributed by atoms with Crippen LogP contribution in [0.3, 0.4) is 0 Å². The lowest BCUT2D eigenvalue weighted by molar-refractivity contribution is 0.00898. The van der Waals surface area contributed by atoms with Gasteiger partial charge in [-0.15, -0.1) is 0 Å². The van der Waals surface area contributed by atoms with Crippen molar-refractivity contribution in [2.45, 2.75) is 50.2 Å². The van der Waals surface area contributed by atoms with Crippen LogP contribution in [0.2, 0.25) is 0 Å². The summed E-state index contributed by atoms with van der Waals surface area (Å²) in [7, 11) is -3.99. The van der Waals surface area contributed by atoms with Gasteiger partial charge in [-0.1, -0.05) is 0 Å². The van der Waals surface area contributed by atoms with E-state index in [1.54, 1.807) is 13.8 Å². The first-order valence-corrected chi connectivity index (χ1v) is 8.36. The number of nitrogens with two attached hydrogens (primary N) is 1. The van der Waals surface area contributed by atoms with Gasteiger partial charge in [0.05, 0.1) is 11.7 Å². The summed E-state index contributed by atoms with van der Waals surface area (Å²) in [4.78, 5) is 11.8. The predicted octanol–water partition coefficient (Wildman–Crippen LogP) is 1.83. The number of esters is 1. The van der Waals surface area contributed by atoms with E-state index < -0.39 is 16.0 Å². The third-order valence-electron chi connectivity index (χ3n) is 3.17. The lowest BCUT2D eigenvalue weighted by Gasteiger charge is -2.25. The van der Waals surface area contributed by atoms with Crippen LogP contribution < -0.4 is 9.88 Å². The molecule has 2 N–H and O–H groups in total. The van der Waals surface area contributed by atoms with E-state index in [0.29, 0.717) is 0 Å². The fourth-order valence-corrected chi connectivity index (χ4v) is 2.60. The van der Waals surface area contributed by atoms with Gasteiger partial charge in [0.2, 0.25) is 10.0 Å². The highest BCUT2D eigenvalue weighted by Gasteiger charge is 2.24. The van der Waals surface area contributed by atoms with Crippen LogP contribution in [-0.4, -0.2) is 26.6 Å². The van der Waals surface area contributed by atoms with Gasteiger partial charge in [0.25, 0.3) is 0 Å². The summed E-state index contributed by atoms with van der Waals surface area (Å²) in [5.41, 5.74) is 0.155. The number of carbonyl (C=O) groups excluding carboxylic acids is 1. The van der Waals surface area contributed by atoms with E-state index in [-0.39, 0.29) is 28.4 Å². The topological polar surface area (TPSA) is 95.7 Å². The molecule has 7 heteroatoms. The zero-order chi connectivity index (χ0) is 15.6. The van der Waals surface area contributed by atoms with Gasteiger partial charge in [-0.05, 0) is 51.3 Å². The van der Waals surface area contributed by atoms with Crippen LogP contribution >= 0.6 is 0 Å². The molecule has 1 aliphatic carbocycles. The molecule has 0 aliphatic heterocycles. The van der Waals surface area contributed by atoms with Crippen molar-refractivity contribution in [2.75, 3.05) is 0 Å². The summed E-state index contributed by atoms with van der Waals surface area (Å²) in [6, 6.07) is 4.11. The highest BCUT2D eigenvalue weighted by atomic mass is 32.2. The van der Waals surface area contributed by atoms with Gasteiger partial charge < -0.3 is 9.47 Å². The Morgan fingerprint density at radius 3 is 2.48 bits per heavy atom. The van der Waals surface area contributed by atoms with Crippen LogP contribution in [0.5, 0.6) is 5.75 Å². The lowest BCUT2D eigenvalue weighted by Crippen LogP contribution is -2.25. The number of rotatable bonds is 5. The van der Waals surface area contributed by atoms with Gasteiger partial charge in [0, 0.05) is 0 Å². The maximum atomic E-state index is 12.0. The molecular formula is C14H19NO5S. The van der Waals surface area contributed by atoms with Crippen molar-refractivity contribution in [3.8, 4) is 5.75 Å². The summed E-state index contributed by atoms with van der Waals surface area (Å²) in [5, 5.41) is 5.18. The monoisotopic (exact) mass is 313 g/mol. The van der Waals surface area contributed by atoms with Crippen molar-refractivity contribution in [2.24, 2.45) is 5.14 Å². The minimum Gasteiger partial charge on any atom is -0.490 e. The number of ether oxygens (including phenoxy) is 2. The standard InChI is InChI=1S/C14H19NO5S/c1-9(2)19-12-7-6-10(8-13(12)21(15,17)18)14(16)20-11-4-3-5-11/h6-9,11H,3-5H2,1-2H3,(H2,15,17,18). The molecule has 0 amide bonds. The summed E-state index contributed by atoms with van der Waals surface area (Å²) in [6.45, 7) is 3.54. The highest BCUT2D eigenvalue weighted by molar-refractivity contribution is 7.89. The molecule has 1 fully saturated rings. The second-order valence-corrected chi connectivity index (χ2v) is 6.86. The second kappa shape index (κ2) is 6.03. The van der Waals surface area contributed by atoms with E-state index >= 15 is 0 Å². The molecule has 0 radical (unpaired) electrons. The zero-order valence-electron chi connectivity index (χ0n) is 12.0. The SMILES string of the molecule is CC(C)Oc1ccc(C(=O)OC2CCC2)cc1S(N)(=O)=O. The van der Waals surface area contributed by atoms with Crippen molar-refractivity contribution in [1.82, 2.24) is 0 Å². The first kappa shape index (κ1) is 15.8. The molecule has 0 spiro atoms. The summed E-state index contributed by atoms with van der Waals surface area (Å²) >= 11 is 0. The van der Waals surface area contributed by atoms with Gasteiger partial charge in [0.15, 0.2) is 0 Å². The van der Waals surface area contributed by atoms with Crippen LogP contribution in [0.25, 0.3) is 0 Å². The first-order chi connectivity index (χ1) is 9.77. The third kappa shape index (κ3) is 3.95. The molecule has 1 saturated carbocycles. The quantitative estimate of drug-likeness (QED) is 0.837. The summed E-state index contributed by atoms with van der Waals surface area (Å²) in [6.07, 6.45) is 2.46. The van der Waals surface area contributed by atoms with Crippen LogP contribution in [0.1, 0.15) is 43.5 Å². The second-order valence-electron chi connectivity index (χ2n) is 5.33. The molecule has 0 heterocycles. The van der Waals surface area contributed by atoms with E-state index in [2.05, 4.69) is 0 Å². The van der Waals surface area contributed by atoms with Gasteiger partial charge in [-0.25, -0.2) is 18.4 Å². The average molecular weight is 313 g/mol. The molecule has 1 aliphatic rings.